The van der Waals surface area contributed by atoms with Crippen LogP contribution in [0.5, 0.6) is 0 Å². The van der Waals surface area contributed by atoms with Gasteiger partial charge in [-0.3, -0.25) is 4.90 Å². The highest BCUT2D eigenvalue weighted by Gasteiger charge is 2.34. The van der Waals surface area contributed by atoms with Crippen LogP contribution < -0.4 is 4.90 Å². The van der Waals surface area contributed by atoms with E-state index < -0.39 is 0 Å². The molecule has 1 unspecified atom stereocenters. The number of thioether (sulfide) groups is 1. The Bertz CT molecular complexity index is 795. The van der Waals surface area contributed by atoms with Crippen LogP contribution in [0.25, 0.3) is 10.9 Å². The molecule has 0 fully saturated rings. The Morgan fingerprint density at radius 2 is 2.13 bits per heavy atom. The Balaban J connectivity index is 1.72. The van der Waals surface area contributed by atoms with Gasteiger partial charge in [0.05, 0.1) is 11.2 Å². The van der Waals surface area contributed by atoms with Crippen molar-refractivity contribution in [3.05, 3.63) is 53.4 Å². The Hall–Kier alpha value is -1.56. The summed E-state index contributed by atoms with van der Waals surface area (Å²) in [6.45, 7) is 2.00. The second-order valence-corrected chi connectivity index (χ2v) is 7.39. The fourth-order valence-electron chi connectivity index (χ4n) is 3.07. The van der Waals surface area contributed by atoms with Crippen molar-refractivity contribution < 1.29 is 0 Å². The molecule has 0 bridgehead atoms. The molecule has 6 heteroatoms. The molecule has 120 valence electrons. The predicted molar refractivity (Wildman–Crippen MR) is 99.3 cm³/mol. The molecule has 23 heavy (non-hydrogen) atoms. The lowest BCUT2D eigenvalue weighted by Crippen LogP contribution is -2.31. The number of likely N-dealkylation sites (N-methyl/N-ethyl adjacent to an activating group) is 1. The lowest BCUT2D eigenvalue weighted by molar-refractivity contribution is 0.387. The molecule has 1 aromatic carbocycles. The lowest BCUT2D eigenvalue weighted by atomic mass is 10.2. The highest BCUT2D eigenvalue weighted by atomic mass is 35.5. The van der Waals surface area contributed by atoms with E-state index in [1.807, 2.05) is 6.20 Å². The molecule has 0 saturated carbocycles. The molecule has 0 aliphatic carbocycles. The monoisotopic (exact) mass is 346 g/mol. The van der Waals surface area contributed by atoms with Gasteiger partial charge in [-0.25, -0.2) is 0 Å². The number of hydrogen-bond acceptors (Lipinski definition) is 4. The topological polar surface area (TPSA) is 14.7 Å². The molecule has 3 heterocycles. The van der Waals surface area contributed by atoms with Crippen molar-refractivity contribution in [3.63, 3.8) is 0 Å². The van der Waals surface area contributed by atoms with Gasteiger partial charge in [0.25, 0.3) is 0 Å². The molecular formula is C17H19ClN4S. The van der Waals surface area contributed by atoms with E-state index in [9.17, 15) is 0 Å². The SMILES string of the molecule is CN(C)CCn1ccc2c(N3C(Cl)=CN4C=CSC43)cccc21. The molecule has 4 rings (SSSR count). The van der Waals surface area contributed by atoms with Crippen molar-refractivity contribution in [3.8, 4) is 0 Å². The van der Waals surface area contributed by atoms with Crippen molar-refractivity contribution in [1.29, 1.82) is 0 Å². The maximum absolute atomic E-state index is 6.51. The van der Waals surface area contributed by atoms with E-state index in [0.29, 0.717) is 0 Å². The van der Waals surface area contributed by atoms with Crippen LogP contribution in [0.4, 0.5) is 5.69 Å². The van der Waals surface area contributed by atoms with E-state index in [4.69, 9.17) is 11.6 Å². The second kappa shape index (κ2) is 5.82. The number of fused-ring (bicyclic) bond motifs is 2. The predicted octanol–water partition coefficient (Wildman–Crippen LogP) is 3.86. The summed E-state index contributed by atoms with van der Waals surface area (Å²) in [5, 5.41) is 4.12. The fourth-order valence-corrected chi connectivity index (χ4v) is 4.39. The van der Waals surface area contributed by atoms with Crippen molar-refractivity contribution in [2.24, 2.45) is 0 Å². The van der Waals surface area contributed by atoms with Crippen LogP contribution in [0, 0.1) is 0 Å². The summed E-state index contributed by atoms with van der Waals surface area (Å²) >= 11 is 8.28. The molecule has 0 N–H and O–H groups in total. The average molecular weight is 347 g/mol. The smallest absolute Gasteiger partial charge is 0.163 e. The first-order chi connectivity index (χ1) is 11.1. The molecule has 0 radical (unpaired) electrons. The summed E-state index contributed by atoms with van der Waals surface area (Å²) < 4.78 is 2.31. The minimum absolute atomic E-state index is 0.193. The van der Waals surface area contributed by atoms with Gasteiger partial charge in [-0.15, -0.1) is 0 Å². The second-order valence-electron chi connectivity index (χ2n) is 6.04. The van der Waals surface area contributed by atoms with Crippen LogP contribution >= 0.6 is 23.4 Å². The minimum Gasteiger partial charge on any atom is -0.346 e. The summed E-state index contributed by atoms with van der Waals surface area (Å²) in [6, 6.07) is 8.64. The van der Waals surface area contributed by atoms with Gasteiger partial charge >= 0.3 is 0 Å². The zero-order valence-corrected chi connectivity index (χ0v) is 14.8. The summed E-state index contributed by atoms with van der Waals surface area (Å²) in [6.07, 6.45) is 6.23. The molecule has 0 saturated heterocycles. The van der Waals surface area contributed by atoms with Gasteiger partial charge in [0.1, 0.15) is 5.16 Å². The standard InChI is InChI=1S/C17H19ClN4S/c1-19(2)8-9-20-7-6-13-14(20)4-3-5-15(13)22-16(18)12-21-10-11-23-17(21)22/h3-7,10-12,17H,8-9H2,1-2H3. The number of rotatable bonds is 4. The van der Waals surface area contributed by atoms with Gasteiger partial charge in [0.2, 0.25) is 0 Å². The third kappa shape index (κ3) is 2.53. The highest BCUT2D eigenvalue weighted by molar-refractivity contribution is 8.03. The maximum Gasteiger partial charge on any atom is 0.163 e. The first kappa shape index (κ1) is 15.0. The largest absolute Gasteiger partial charge is 0.346 e. The Morgan fingerprint density at radius 1 is 1.26 bits per heavy atom. The van der Waals surface area contributed by atoms with Crippen LogP contribution in [0.2, 0.25) is 0 Å². The third-order valence-electron chi connectivity index (χ3n) is 4.23. The highest BCUT2D eigenvalue weighted by Crippen LogP contribution is 2.43. The van der Waals surface area contributed by atoms with Crippen LogP contribution in [-0.4, -0.2) is 40.5 Å². The van der Waals surface area contributed by atoms with Crippen molar-refractivity contribution in [1.82, 2.24) is 14.4 Å². The Morgan fingerprint density at radius 3 is 2.96 bits per heavy atom. The quantitative estimate of drug-likeness (QED) is 0.780. The Kier molecular flexibility index (Phi) is 3.79. The van der Waals surface area contributed by atoms with E-state index in [-0.39, 0.29) is 5.50 Å². The van der Waals surface area contributed by atoms with Gasteiger partial charge in [0, 0.05) is 37.1 Å². The molecule has 2 aliphatic heterocycles. The zero-order valence-electron chi connectivity index (χ0n) is 13.2. The summed E-state index contributed by atoms with van der Waals surface area (Å²) in [7, 11) is 4.20. The summed E-state index contributed by atoms with van der Waals surface area (Å²) in [4.78, 5) is 6.55. The summed E-state index contributed by atoms with van der Waals surface area (Å²) in [5.41, 5.74) is 2.61. The molecule has 4 nitrogen and oxygen atoms in total. The molecular weight excluding hydrogens is 328 g/mol. The van der Waals surface area contributed by atoms with Crippen molar-refractivity contribution >= 4 is 40.0 Å². The van der Waals surface area contributed by atoms with Gasteiger partial charge in [-0.1, -0.05) is 29.4 Å². The number of hydrogen-bond donors (Lipinski definition) is 0. The first-order valence-corrected chi connectivity index (χ1v) is 8.96. The molecule has 0 amide bonds. The van der Waals surface area contributed by atoms with E-state index in [1.54, 1.807) is 11.8 Å². The van der Waals surface area contributed by atoms with Crippen LogP contribution in [0.3, 0.4) is 0 Å². The van der Waals surface area contributed by atoms with E-state index in [2.05, 4.69) is 75.4 Å². The average Bonchev–Trinajstić information content (AvgIpc) is 3.19. The van der Waals surface area contributed by atoms with Crippen LogP contribution in [0.1, 0.15) is 0 Å². The maximum atomic E-state index is 6.51. The normalized spacial score (nSPS) is 20.0. The van der Waals surface area contributed by atoms with Gasteiger partial charge in [0.15, 0.2) is 5.50 Å². The summed E-state index contributed by atoms with van der Waals surface area (Å²) in [5.74, 6) is 0. The third-order valence-corrected chi connectivity index (χ3v) is 5.49. The lowest BCUT2D eigenvalue weighted by Gasteiger charge is -2.27. The molecule has 2 aliphatic rings. The minimum atomic E-state index is 0.193. The molecule has 1 aromatic heterocycles. The molecule has 2 aromatic rings. The Labute approximate surface area is 145 Å². The van der Waals surface area contributed by atoms with E-state index >= 15 is 0 Å². The van der Waals surface area contributed by atoms with Gasteiger partial charge in [-0.2, -0.15) is 0 Å². The van der Waals surface area contributed by atoms with Crippen molar-refractivity contribution in [2.45, 2.75) is 12.0 Å². The molecule has 0 spiro atoms. The van der Waals surface area contributed by atoms with Crippen molar-refractivity contribution in [2.75, 3.05) is 25.5 Å². The number of halogens is 1. The fraction of sp³-hybridized carbons (Fsp3) is 0.294. The van der Waals surface area contributed by atoms with Gasteiger partial charge in [-0.05, 0) is 37.7 Å². The number of aromatic nitrogens is 1. The van der Waals surface area contributed by atoms with Crippen LogP contribution in [-0.2, 0) is 6.54 Å². The number of benzene rings is 1. The van der Waals surface area contributed by atoms with Gasteiger partial charge < -0.3 is 14.4 Å². The molecule has 1 atom stereocenters. The number of nitrogens with zero attached hydrogens (tertiary/aromatic N) is 4. The zero-order chi connectivity index (χ0) is 16.0. The van der Waals surface area contributed by atoms with Crippen LogP contribution in [0.15, 0.2) is 53.4 Å². The first-order valence-electron chi connectivity index (χ1n) is 7.64. The van der Waals surface area contributed by atoms with E-state index in [1.165, 1.54) is 10.9 Å². The number of anilines is 1. The van der Waals surface area contributed by atoms with E-state index in [0.717, 1.165) is 23.9 Å².